The van der Waals surface area contributed by atoms with E-state index in [1.165, 1.54) is 18.7 Å². The molecule has 1 N–H and O–H groups in total. The van der Waals surface area contributed by atoms with E-state index < -0.39 is 0 Å². The van der Waals surface area contributed by atoms with Crippen LogP contribution in [-0.2, 0) is 6.42 Å². The molecule has 0 amide bonds. The summed E-state index contributed by atoms with van der Waals surface area (Å²) in [6, 6.07) is 13.1. The summed E-state index contributed by atoms with van der Waals surface area (Å²) in [5.74, 6) is 0. The van der Waals surface area contributed by atoms with Gasteiger partial charge in [-0.25, -0.2) is 0 Å². The minimum absolute atomic E-state index is 0.358. The van der Waals surface area contributed by atoms with Gasteiger partial charge in [0, 0.05) is 21.8 Å². The summed E-state index contributed by atoms with van der Waals surface area (Å²) in [6.45, 7) is 3.12. The fraction of sp³-hybridized carbons (Fsp3) is 0.286. The number of benzene rings is 1. The molecule has 1 aromatic heterocycles. The van der Waals surface area contributed by atoms with E-state index in [1.807, 2.05) is 0 Å². The van der Waals surface area contributed by atoms with E-state index in [4.69, 9.17) is 0 Å². The molecule has 1 unspecified atom stereocenters. The van der Waals surface area contributed by atoms with Crippen molar-refractivity contribution in [1.29, 1.82) is 0 Å². The minimum atomic E-state index is 0.358. The van der Waals surface area contributed by atoms with Crippen LogP contribution >= 0.6 is 43.2 Å². The molecule has 0 fully saturated rings. The van der Waals surface area contributed by atoms with Crippen molar-refractivity contribution in [3.8, 4) is 0 Å². The summed E-state index contributed by atoms with van der Waals surface area (Å²) in [7, 11) is 0. The van der Waals surface area contributed by atoms with E-state index in [0.717, 1.165) is 13.0 Å². The van der Waals surface area contributed by atoms with Gasteiger partial charge in [0.15, 0.2) is 0 Å². The van der Waals surface area contributed by atoms with E-state index >= 15 is 0 Å². The van der Waals surface area contributed by atoms with Crippen molar-refractivity contribution >= 4 is 43.2 Å². The Kier molecular flexibility index (Phi) is 5.42. The fourth-order valence-corrected chi connectivity index (χ4v) is 4.05. The van der Waals surface area contributed by atoms with E-state index in [-0.39, 0.29) is 0 Å². The molecule has 0 bridgehead atoms. The summed E-state index contributed by atoms with van der Waals surface area (Å²) < 4.78 is 2.37. The van der Waals surface area contributed by atoms with Crippen molar-refractivity contribution in [3.63, 3.8) is 0 Å². The third-order valence-corrected chi connectivity index (χ3v) is 5.13. The maximum Gasteiger partial charge on any atom is 0.0701 e. The van der Waals surface area contributed by atoms with Crippen LogP contribution in [0.5, 0.6) is 0 Å². The molecular formula is C14H15Br2NS. The van der Waals surface area contributed by atoms with Crippen LogP contribution in [0.3, 0.4) is 0 Å². The maximum absolute atomic E-state index is 3.64. The maximum atomic E-state index is 3.64. The first-order valence-electron chi connectivity index (χ1n) is 5.92. The Bertz CT molecular complexity index is 510. The number of hydrogen-bond donors (Lipinski definition) is 1. The van der Waals surface area contributed by atoms with Gasteiger partial charge in [0.2, 0.25) is 0 Å². The van der Waals surface area contributed by atoms with Crippen molar-refractivity contribution < 1.29 is 0 Å². The zero-order valence-corrected chi connectivity index (χ0v) is 14.1. The summed E-state index contributed by atoms with van der Waals surface area (Å²) in [5, 5.41) is 3.56. The molecule has 1 heterocycles. The monoisotopic (exact) mass is 387 g/mol. The van der Waals surface area contributed by atoms with Gasteiger partial charge in [0.25, 0.3) is 0 Å². The van der Waals surface area contributed by atoms with Crippen molar-refractivity contribution in [2.45, 2.75) is 19.4 Å². The Balaban J connectivity index is 2.20. The van der Waals surface area contributed by atoms with Gasteiger partial charge in [0.05, 0.1) is 3.79 Å². The molecule has 0 aliphatic rings. The van der Waals surface area contributed by atoms with Gasteiger partial charge in [-0.3, -0.25) is 0 Å². The second-order valence-electron chi connectivity index (χ2n) is 4.04. The third kappa shape index (κ3) is 3.67. The molecular weight excluding hydrogens is 374 g/mol. The lowest BCUT2D eigenvalue weighted by Crippen LogP contribution is -2.23. The SMILES string of the molecule is CCNC(Cc1ccc(Br)s1)c1ccccc1Br. The molecule has 2 aromatic rings. The fourth-order valence-electron chi connectivity index (χ4n) is 1.96. The van der Waals surface area contributed by atoms with Gasteiger partial charge in [-0.15, -0.1) is 11.3 Å². The van der Waals surface area contributed by atoms with Gasteiger partial charge in [-0.1, -0.05) is 41.1 Å². The lowest BCUT2D eigenvalue weighted by molar-refractivity contribution is 0.551. The van der Waals surface area contributed by atoms with E-state index in [0.29, 0.717) is 6.04 Å². The molecule has 0 aliphatic heterocycles. The molecule has 0 radical (unpaired) electrons. The van der Waals surface area contributed by atoms with Crippen LogP contribution in [0.2, 0.25) is 0 Å². The average molecular weight is 389 g/mol. The predicted octanol–water partition coefficient (Wildman–Crippen LogP) is 5.17. The highest BCUT2D eigenvalue weighted by atomic mass is 79.9. The van der Waals surface area contributed by atoms with E-state index in [9.17, 15) is 0 Å². The van der Waals surface area contributed by atoms with Crippen LogP contribution in [0, 0.1) is 0 Å². The van der Waals surface area contributed by atoms with Crippen LogP contribution in [-0.4, -0.2) is 6.54 Å². The Morgan fingerprint density at radius 2 is 1.94 bits per heavy atom. The molecule has 0 spiro atoms. The molecule has 1 aromatic carbocycles. The van der Waals surface area contributed by atoms with Gasteiger partial charge >= 0.3 is 0 Å². The van der Waals surface area contributed by atoms with E-state index in [2.05, 4.69) is 80.5 Å². The summed E-state index contributed by atoms with van der Waals surface area (Å²) in [6.07, 6.45) is 1.02. The van der Waals surface area contributed by atoms with Crippen LogP contribution in [0.15, 0.2) is 44.7 Å². The van der Waals surface area contributed by atoms with Crippen molar-refractivity contribution in [2.24, 2.45) is 0 Å². The zero-order valence-electron chi connectivity index (χ0n) is 10.1. The Hall–Kier alpha value is -0.160. The molecule has 4 heteroatoms. The molecule has 0 aliphatic carbocycles. The lowest BCUT2D eigenvalue weighted by atomic mass is 10.0. The first-order valence-corrected chi connectivity index (χ1v) is 8.33. The topological polar surface area (TPSA) is 12.0 Å². The van der Waals surface area contributed by atoms with Crippen LogP contribution < -0.4 is 5.32 Å². The van der Waals surface area contributed by atoms with Crippen molar-refractivity contribution in [1.82, 2.24) is 5.32 Å². The molecule has 0 saturated carbocycles. The zero-order chi connectivity index (χ0) is 13.0. The quantitative estimate of drug-likeness (QED) is 0.745. The van der Waals surface area contributed by atoms with Gasteiger partial charge < -0.3 is 5.32 Å². The second-order valence-corrected chi connectivity index (χ2v) is 7.44. The summed E-state index contributed by atoms with van der Waals surface area (Å²) >= 11 is 8.96. The molecule has 0 saturated heterocycles. The summed E-state index contributed by atoms with van der Waals surface area (Å²) in [4.78, 5) is 1.39. The number of nitrogens with one attached hydrogen (secondary N) is 1. The molecule has 96 valence electrons. The Morgan fingerprint density at radius 3 is 2.56 bits per heavy atom. The standard InChI is InChI=1S/C14H15Br2NS/c1-2-17-13(9-10-7-8-14(16)18-10)11-5-3-4-6-12(11)15/h3-8,13,17H,2,9H2,1H3. The molecule has 2 rings (SSSR count). The van der Waals surface area contributed by atoms with Crippen molar-refractivity contribution in [2.75, 3.05) is 6.54 Å². The molecule has 1 atom stereocenters. The first-order chi connectivity index (χ1) is 8.70. The highest BCUT2D eigenvalue weighted by Crippen LogP contribution is 2.30. The van der Waals surface area contributed by atoms with Crippen LogP contribution in [0.25, 0.3) is 0 Å². The highest BCUT2D eigenvalue weighted by molar-refractivity contribution is 9.11. The Morgan fingerprint density at radius 1 is 1.17 bits per heavy atom. The number of rotatable bonds is 5. The predicted molar refractivity (Wildman–Crippen MR) is 86.3 cm³/mol. The summed E-state index contributed by atoms with van der Waals surface area (Å²) in [5.41, 5.74) is 1.32. The number of likely N-dealkylation sites (N-methyl/N-ethyl adjacent to an activating group) is 1. The molecule has 18 heavy (non-hydrogen) atoms. The largest absolute Gasteiger partial charge is 0.310 e. The number of thiophene rings is 1. The third-order valence-electron chi connectivity index (χ3n) is 2.77. The molecule has 1 nitrogen and oxygen atoms in total. The normalized spacial score (nSPS) is 12.6. The first kappa shape index (κ1) is 14.3. The Labute approximate surface area is 129 Å². The van der Waals surface area contributed by atoms with Gasteiger partial charge in [-0.2, -0.15) is 0 Å². The lowest BCUT2D eigenvalue weighted by Gasteiger charge is -2.19. The average Bonchev–Trinajstić information content (AvgIpc) is 2.75. The second kappa shape index (κ2) is 6.85. The minimum Gasteiger partial charge on any atom is -0.310 e. The van der Waals surface area contributed by atoms with Crippen LogP contribution in [0.1, 0.15) is 23.4 Å². The van der Waals surface area contributed by atoms with Gasteiger partial charge in [0.1, 0.15) is 0 Å². The number of hydrogen-bond acceptors (Lipinski definition) is 2. The smallest absolute Gasteiger partial charge is 0.0701 e. The number of halogens is 2. The van der Waals surface area contributed by atoms with Gasteiger partial charge in [-0.05, 0) is 46.2 Å². The van der Waals surface area contributed by atoms with Crippen LogP contribution in [0.4, 0.5) is 0 Å². The highest BCUT2D eigenvalue weighted by Gasteiger charge is 2.14. The van der Waals surface area contributed by atoms with Crippen molar-refractivity contribution in [3.05, 3.63) is 55.1 Å². The van der Waals surface area contributed by atoms with E-state index in [1.54, 1.807) is 11.3 Å².